The van der Waals surface area contributed by atoms with Crippen molar-refractivity contribution in [1.82, 2.24) is 10.6 Å². The number of nitrogens with two attached hydrogens (primary N) is 3. The summed E-state index contributed by atoms with van der Waals surface area (Å²) in [4.78, 5) is 76.0. The molecule has 0 saturated carbocycles. The number of benzene rings is 1. The molecular weight excluding hydrogens is 1100 g/mol. The van der Waals surface area contributed by atoms with E-state index in [0.29, 0.717) is 53.8 Å². The number of anilines is 1. The van der Waals surface area contributed by atoms with Crippen LogP contribution in [0.3, 0.4) is 0 Å². The van der Waals surface area contributed by atoms with Gasteiger partial charge in [-0.05, 0) is 82.4 Å². The highest BCUT2D eigenvalue weighted by Gasteiger charge is 2.35. The average molecular weight is 1190 g/mol. The number of carbonyl (C=O) groups is 6. The van der Waals surface area contributed by atoms with Crippen LogP contribution in [0.1, 0.15) is 87.6 Å². The van der Waals surface area contributed by atoms with Crippen LogP contribution in [-0.4, -0.2) is 146 Å². The molecule has 4 rings (SSSR count). The molecule has 85 heavy (non-hydrogen) atoms. The normalized spacial score (nSPS) is 30.1. The summed E-state index contributed by atoms with van der Waals surface area (Å²) < 4.78 is 33.2. The number of quaternary nitrogens is 1. The van der Waals surface area contributed by atoms with Gasteiger partial charge in [-0.1, -0.05) is 96.4 Å². The summed E-state index contributed by atoms with van der Waals surface area (Å²) in [6.45, 7) is 22.2. The third-order valence-electron chi connectivity index (χ3n) is 14.6. The Kier molecular flexibility index (Phi) is 31.0. The fourth-order valence-electron chi connectivity index (χ4n) is 10.0. The van der Waals surface area contributed by atoms with Gasteiger partial charge in [0.1, 0.15) is 18.0 Å². The van der Waals surface area contributed by atoms with Crippen LogP contribution in [0.25, 0.3) is 0 Å². The molecule has 12 atom stereocenters. The lowest BCUT2D eigenvalue weighted by Crippen LogP contribution is -2.78. The van der Waals surface area contributed by atoms with Gasteiger partial charge in [-0.2, -0.15) is 0 Å². The van der Waals surface area contributed by atoms with Crippen molar-refractivity contribution < 1.29 is 82.9 Å². The van der Waals surface area contributed by atoms with Crippen molar-refractivity contribution >= 4 is 46.9 Å². The van der Waals surface area contributed by atoms with Gasteiger partial charge in [0.05, 0.1) is 53.6 Å². The first-order valence-electron chi connectivity index (χ1n) is 27.7. The fourth-order valence-corrected chi connectivity index (χ4v) is 10.0. The van der Waals surface area contributed by atoms with Gasteiger partial charge in [-0.15, -0.1) is 6.58 Å². The monoisotopic (exact) mass is 1190 g/mol. The Morgan fingerprint density at radius 3 is 1.64 bits per heavy atom. The molecule has 1 aromatic rings. The van der Waals surface area contributed by atoms with Crippen molar-refractivity contribution in [2.24, 2.45) is 35.1 Å². The molecule has 0 aromatic heterocycles. The Balaban J connectivity index is 0.000000573. The number of amides is 4. The van der Waals surface area contributed by atoms with Crippen LogP contribution in [0.4, 0.5) is 21.0 Å². The van der Waals surface area contributed by atoms with Gasteiger partial charge < -0.3 is 81.6 Å². The molecule has 22 heteroatoms. The SMILES string of the molecule is C.C=CCNC1=C2C[C@@H](C)C[C@H](OC)C(O)[C@@H](C)/C=C(\C)[C@H](OC(N)=O)[C@@H](OC)/C=C\C=C(/C)C(=O)NC(=CC1=O)C2=O.C=CC[NH2+]c1c(O)cc2c(O)c1C[C@@H](C)C[C@H](OC)[C@H](O)[C@@H](C)/C=C(\C)[C@H](OC(N)=O)[C@@H](OC)/C=C\C=C(/C)C(=O)N2. The highest BCUT2D eigenvalue weighted by Crippen LogP contribution is 2.41. The van der Waals surface area contributed by atoms with E-state index in [1.807, 2.05) is 20.8 Å². The van der Waals surface area contributed by atoms with Gasteiger partial charge in [0, 0.05) is 75.7 Å². The van der Waals surface area contributed by atoms with Crippen molar-refractivity contribution in [3.05, 3.63) is 131 Å². The molecule has 22 nitrogen and oxygen atoms in total. The number of Topliss-reactive ketones (excluding diaryl/α,β-unsaturated/α-hetero) is 1. The van der Waals surface area contributed by atoms with Crippen LogP contribution in [0.5, 0.6) is 11.5 Å². The number of primary amides is 2. The Morgan fingerprint density at radius 2 is 1.20 bits per heavy atom. The lowest BCUT2D eigenvalue weighted by Gasteiger charge is -2.30. The van der Waals surface area contributed by atoms with Gasteiger partial charge in [0.2, 0.25) is 11.6 Å². The van der Waals surface area contributed by atoms with E-state index in [1.165, 1.54) is 46.7 Å². The smallest absolute Gasteiger partial charge is 0.405 e. The number of phenols is 2. The van der Waals surface area contributed by atoms with E-state index in [0.717, 1.165) is 6.08 Å². The summed E-state index contributed by atoms with van der Waals surface area (Å²) in [6, 6.07) is 1.31. The predicted molar refractivity (Wildman–Crippen MR) is 325 cm³/mol. The van der Waals surface area contributed by atoms with Crippen molar-refractivity contribution in [3.8, 4) is 11.5 Å². The molecule has 0 saturated heterocycles. The van der Waals surface area contributed by atoms with Crippen LogP contribution < -0.4 is 32.7 Å². The third-order valence-corrected chi connectivity index (χ3v) is 14.6. The lowest BCUT2D eigenvalue weighted by atomic mass is 9.85. The number of nitrogens with one attached hydrogen (secondary N) is 3. The van der Waals surface area contributed by atoms with E-state index in [4.69, 9.17) is 39.9 Å². The fraction of sp³-hybridized carbons (Fsp3) is 0.492. The molecule has 0 spiro atoms. The highest BCUT2D eigenvalue weighted by atomic mass is 16.6. The number of phenolic OH excluding ortho intramolecular Hbond substituents is 2. The lowest BCUT2D eigenvalue weighted by molar-refractivity contribution is -0.562. The Morgan fingerprint density at radius 1 is 0.729 bits per heavy atom. The van der Waals surface area contributed by atoms with Crippen LogP contribution in [0.15, 0.2) is 125 Å². The van der Waals surface area contributed by atoms with Gasteiger partial charge in [0.15, 0.2) is 23.6 Å². The number of ketones is 2. The molecular formula is C63H93N6O16+. The minimum atomic E-state index is -1.00. The third kappa shape index (κ3) is 21.5. The molecule has 0 fully saturated rings. The average Bonchev–Trinajstić information content (AvgIpc) is 3.63. The Hall–Kier alpha value is -7.44. The number of hydrogen-bond donors (Lipinski definition) is 10. The standard InChI is InChI=1S/C31H45N3O8.C31H43N3O8.CH4/c2*1-8-12-33-26-21-13-17(2)14-25(41-7)27(36)19(4)15-20(5)29(42-31(32)39)24(40-6)11-9-10-18(3)30(38)34-22(28(21)37)16-23(26)35;/h8-11,15-17,19,24-25,27,29,33,35-37H,1,12-14H2,2-7H3,(H2,32,39)(H,34,38);8-11,15-17,19,24-25,27,29,33,36H,1,12-14H2,2-7H3,(H2,32,39)(H,34,38);1H4/p+1/b2*11-9-,18-10+,20-15+;/t17-,19+,24+,25+,27-,29+;17-,19+,24+,25+,27?,29+;/m11./s1. The maximum atomic E-state index is 13.5. The second kappa shape index (κ2) is 35.8. The van der Waals surface area contributed by atoms with Crippen molar-refractivity contribution in [3.63, 3.8) is 0 Å². The molecule has 2 aliphatic heterocycles. The summed E-state index contributed by atoms with van der Waals surface area (Å²) in [7, 11) is 5.88. The van der Waals surface area contributed by atoms with Crippen LogP contribution >= 0.6 is 0 Å². The van der Waals surface area contributed by atoms with E-state index >= 15 is 0 Å². The number of aliphatic hydroxyl groups excluding tert-OH is 2. The Labute approximate surface area is 500 Å². The zero-order valence-corrected chi connectivity index (χ0v) is 50.4. The molecule has 1 unspecified atom stereocenters. The number of ether oxygens (including phenoxy) is 6. The first-order valence-corrected chi connectivity index (χ1v) is 27.7. The van der Waals surface area contributed by atoms with Crippen LogP contribution in [-0.2, 0) is 54.0 Å². The minimum Gasteiger partial charge on any atom is -0.505 e. The predicted octanol–water partition coefficient (Wildman–Crippen LogP) is 6.11. The van der Waals surface area contributed by atoms with E-state index in [-0.39, 0.29) is 72.0 Å². The summed E-state index contributed by atoms with van der Waals surface area (Å²) in [5, 5.41) is 54.6. The largest absolute Gasteiger partial charge is 0.505 e. The zero-order valence-electron chi connectivity index (χ0n) is 50.4. The van der Waals surface area contributed by atoms with Gasteiger partial charge in [-0.3, -0.25) is 19.2 Å². The quantitative estimate of drug-likeness (QED) is 0.0371. The number of fused-ring (bicyclic) bond motifs is 4. The van der Waals surface area contributed by atoms with E-state index in [2.05, 4.69) is 29.1 Å². The molecule has 0 radical (unpaired) electrons. The molecule has 1 aromatic carbocycles. The molecule has 1 aliphatic carbocycles. The maximum absolute atomic E-state index is 13.5. The van der Waals surface area contributed by atoms with Crippen molar-refractivity contribution in [2.75, 3.05) is 46.8 Å². The highest BCUT2D eigenvalue weighted by molar-refractivity contribution is 6.23. The van der Waals surface area contributed by atoms with E-state index in [1.54, 1.807) is 88.5 Å². The summed E-state index contributed by atoms with van der Waals surface area (Å²) >= 11 is 0. The van der Waals surface area contributed by atoms with Crippen LogP contribution in [0.2, 0.25) is 0 Å². The molecule has 2 heterocycles. The zero-order chi connectivity index (χ0) is 63.1. The maximum Gasteiger partial charge on any atom is 0.405 e. The molecule has 13 N–H and O–H groups in total. The first-order chi connectivity index (χ1) is 39.7. The van der Waals surface area contributed by atoms with E-state index in [9.17, 15) is 49.2 Å². The van der Waals surface area contributed by atoms with Gasteiger partial charge in [-0.25, -0.2) is 9.59 Å². The minimum absolute atomic E-state index is 0. The number of rotatable bonds is 12. The molecule has 4 amide bonds. The summed E-state index contributed by atoms with van der Waals surface area (Å²) in [6.07, 6.45) is 10.1. The molecule has 3 aliphatic rings. The number of aromatic hydroxyl groups is 2. The van der Waals surface area contributed by atoms with Crippen molar-refractivity contribution in [2.45, 2.75) is 137 Å². The summed E-state index contributed by atoms with van der Waals surface area (Å²) in [5.41, 5.74) is 13.6. The van der Waals surface area contributed by atoms with Crippen molar-refractivity contribution in [1.29, 1.82) is 0 Å². The summed E-state index contributed by atoms with van der Waals surface area (Å²) in [5.74, 6) is -3.43. The second-order valence-electron chi connectivity index (χ2n) is 21.3. The van der Waals surface area contributed by atoms with Gasteiger partial charge in [0.25, 0.3) is 11.8 Å². The molecule has 470 valence electrons. The Bertz CT molecular complexity index is 2790. The number of allylic oxidation sites excluding steroid dienone is 6. The topological polar surface area (TPSA) is 343 Å². The van der Waals surface area contributed by atoms with Gasteiger partial charge >= 0.3 is 12.2 Å². The first kappa shape index (κ1) is 73.7. The number of hydrogen-bond acceptors (Lipinski definition) is 17. The molecule has 4 bridgehead atoms. The number of aliphatic hydroxyl groups is 2. The van der Waals surface area contributed by atoms with E-state index < -0.39 is 96.2 Å². The number of methoxy groups -OCH3 is 4. The number of carbonyl (C=O) groups excluding carboxylic acids is 6. The second-order valence-corrected chi connectivity index (χ2v) is 21.3. The van der Waals surface area contributed by atoms with Crippen LogP contribution in [0, 0.1) is 23.7 Å².